The van der Waals surface area contributed by atoms with E-state index >= 15 is 0 Å². The molecule has 0 aliphatic carbocycles. The van der Waals surface area contributed by atoms with Gasteiger partial charge in [-0.1, -0.05) is 15.9 Å². The molecule has 1 saturated heterocycles. The Morgan fingerprint density at radius 1 is 1.23 bits per heavy atom. The number of nitrogens with zero attached hydrogens (tertiary/aromatic N) is 4. The van der Waals surface area contributed by atoms with E-state index in [4.69, 9.17) is 9.73 Å². The van der Waals surface area contributed by atoms with Gasteiger partial charge in [-0.15, -0.1) is 0 Å². The Morgan fingerprint density at radius 3 is 3.00 bits per heavy atom. The van der Waals surface area contributed by atoms with Crippen molar-refractivity contribution in [2.75, 3.05) is 23.3 Å². The number of anilines is 2. The van der Waals surface area contributed by atoms with Gasteiger partial charge in [0.05, 0.1) is 30.3 Å². The molecule has 1 N–H and O–H groups in total. The van der Waals surface area contributed by atoms with Gasteiger partial charge in [0.15, 0.2) is 0 Å². The predicted octanol–water partition coefficient (Wildman–Crippen LogP) is 4.49. The van der Waals surface area contributed by atoms with Crippen molar-refractivity contribution in [1.82, 2.24) is 4.98 Å². The quantitative estimate of drug-likeness (QED) is 0.608. The van der Waals surface area contributed by atoms with Crippen LogP contribution in [0.2, 0.25) is 0 Å². The fourth-order valence-electron chi connectivity index (χ4n) is 4.17. The average molecular weight is 462 g/mol. The standard InChI is InChI=1S/C23H20BrN5O/c1-14-12-29(20-7-4-15(10-25)22-18(20)3-2-8-26-22)13-21(30-14)23-27-11-16-9-17(24)5-6-19(16)28-23/h2-9,14,21H,11-13H2,1H3,(H,27,28)/t14-,21-/m1/s1. The monoisotopic (exact) mass is 461 g/mol. The highest BCUT2D eigenvalue weighted by molar-refractivity contribution is 9.10. The fourth-order valence-corrected chi connectivity index (χ4v) is 4.58. The number of aromatic nitrogens is 1. The SMILES string of the molecule is C[C@@H]1CN(c2ccc(C#N)c3ncccc23)C[C@H](C2=NCc3cc(Br)ccc3N2)O1. The van der Waals surface area contributed by atoms with E-state index in [-0.39, 0.29) is 12.2 Å². The van der Waals surface area contributed by atoms with E-state index in [9.17, 15) is 5.26 Å². The van der Waals surface area contributed by atoms with Crippen molar-refractivity contribution in [2.24, 2.45) is 4.99 Å². The largest absolute Gasteiger partial charge is 0.365 e. The lowest BCUT2D eigenvalue weighted by Gasteiger charge is -2.39. The summed E-state index contributed by atoms with van der Waals surface area (Å²) in [5.41, 5.74) is 4.63. The molecule has 3 aromatic rings. The van der Waals surface area contributed by atoms with Gasteiger partial charge in [0.1, 0.15) is 18.0 Å². The van der Waals surface area contributed by atoms with Crippen molar-refractivity contribution < 1.29 is 4.74 Å². The molecule has 6 nitrogen and oxygen atoms in total. The Bertz CT molecular complexity index is 1200. The number of benzene rings is 2. The number of nitrogens with one attached hydrogen (secondary N) is 1. The fraction of sp³-hybridized carbons (Fsp3) is 0.261. The van der Waals surface area contributed by atoms with Gasteiger partial charge in [0.25, 0.3) is 0 Å². The van der Waals surface area contributed by atoms with E-state index in [2.05, 4.69) is 56.3 Å². The molecule has 2 aromatic carbocycles. The second-order valence-electron chi connectivity index (χ2n) is 7.61. The smallest absolute Gasteiger partial charge is 0.133 e. The molecule has 2 atom stereocenters. The normalized spacial score (nSPS) is 20.8. The third kappa shape index (κ3) is 3.42. The molecule has 0 radical (unpaired) electrons. The molecule has 3 heterocycles. The second kappa shape index (κ2) is 7.71. The van der Waals surface area contributed by atoms with Crippen LogP contribution in [0.4, 0.5) is 11.4 Å². The Balaban J connectivity index is 1.46. The molecule has 2 aliphatic heterocycles. The van der Waals surface area contributed by atoms with E-state index in [0.29, 0.717) is 18.7 Å². The summed E-state index contributed by atoms with van der Waals surface area (Å²) in [6.45, 7) is 4.16. The zero-order valence-corrected chi connectivity index (χ0v) is 18.1. The molecule has 2 aliphatic rings. The van der Waals surface area contributed by atoms with Gasteiger partial charge in [-0.2, -0.15) is 5.26 Å². The molecule has 7 heteroatoms. The summed E-state index contributed by atoms with van der Waals surface area (Å²) in [4.78, 5) is 11.5. The van der Waals surface area contributed by atoms with Gasteiger partial charge in [-0.25, -0.2) is 0 Å². The molecule has 0 saturated carbocycles. The van der Waals surface area contributed by atoms with Gasteiger partial charge in [-0.05, 0) is 55.0 Å². The number of ether oxygens (including phenoxy) is 1. The van der Waals surface area contributed by atoms with Crippen LogP contribution in [0.1, 0.15) is 18.1 Å². The van der Waals surface area contributed by atoms with Gasteiger partial charge in [0, 0.05) is 34.0 Å². The van der Waals surface area contributed by atoms with Crippen LogP contribution in [-0.2, 0) is 11.3 Å². The minimum absolute atomic E-state index is 0.0435. The predicted molar refractivity (Wildman–Crippen MR) is 122 cm³/mol. The van der Waals surface area contributed by atoms with Crippen molar-refractivity contribution in [3.05, 3.63) is 64.3 Å². The van der Waals surface area contributed by atoms with E-state index in [1.807, 2.05) is 30.3 Å². The number of nitriles is 1. The van der Waals surface area contributed by atoms with E-state index < -0.39 is 0 Å². The number of morpholine rings is 1. The molecule has 150 valence electrons. The molecule has 1 aromatic heterocycles. The summed E-state index contributed by atoms with van der Waals surface area (Å²) >= 11 is 3.52. The van der Waals surface area contributed by atoms with E-state index in [0.717, 1.165) is 44.7 Å². The first-order valence-electron chi connectivity index (χ1n) is 9.90. The highest BCUT2D eigenvalue weighted by Crippen LogP contribution is 2.31. The molecule has 0 spiro atoms. The summed E-state index contributed by atoms with van der Waals surface area (Å²) in [5, 5.41) is 13.9. The summed E-state index contributed by atoms with van der Waals surface area (Å²) in [7, 11) is 0. The maximum absolute atomic E-state index is 9.44. The lowest BCUT2D eigenvalue weighted by atomic mass is 10.1. The lowest BCUT2D eigenvalue weighted by Crippen LogP contribution is -2.51. The number of hydrogen-bond acceptors (Lipinski definition) is 6. The van der Waals surface area contributed by atoms with Crippen molar-refractivity contribution in [2.45, 2.75) is 25.7 Å². The van der Waals surface area contributed by atoms with Crippen LogP contribution in [-0.4, -0.2) is 36.1 Å². The molecule has 0 bridgehead atoms. The Labute approximate surface area is 183 Å². The lowest BCUT2D eigenvalue weighted by molar-refractivity contribution is 0.0204. The Kier molecular flexibility index (Phi) is 4.89. The topological polar surface area (TPSA) is 73.5 Å². The number of amidine groups is 1. The maximum atomic E-state index is 9.44. The van der Waals surface area contributed by atoms with Crippen molar-refractivity contribution in [3.63, 3.8) is 0 Å². The summed E-state index contributed by atoms with van der Waals surface area (Å²) < 4.78 is 7.31. The van der Waals surface area contributed by atoms with Crippen LogP contribution in [0, 0.1) is 11.3 Å². The van der Waals surface area contributed by atoms with Crippen molar-refractivity contribution in [1.29, 1.82) is 5.26 Å². The van der Waals surface area contributed by atoms with Crippen molar-refractivity contribution >= 4 is 44.0 Å². The third-order valence-corrected chi connectivity index (χ3v) is 6.02. The molecule has 0 amide bonds. The maximum Gasteiger partial charge on any atom is 0.133 e. The highest BCUT2D eigenvalue weighted by Gasteiger charge is 2.31. The zero-order valence-electron chi connectivity index (χ0n) is 16.5. The summed E-state index contributed by atoms with van der Waals surface area (Å²) in [6.07, 6.45) is 1.61. The minimum atomic E-state index is -0.159. The van der Waals surface area contributed by atoms with E-state index in [1.165, 1.54) is 0 Å². The van der Waals surface area contributed by atoms with Crippen molar-refractivity contribution in [3.8, 4) is 6.07 Å². The van der Waals surface area contributed by atoms with Gasteiger partial charge in [-0.3, -0.25) is 9.98 Å². The van der Waals surface area contributed by atoms with Gasteiger partial charge < -0.3 is 15.0 Å². The minimum Gasteiger partial charge on any atom is -0.365 e. The average Bonchev–Trinajstić information content (AvgIpc) is 2.77. The first-order valence-corrected chi connectivity index (χ1v) is 10.7. The first kappa shape index (κ1) is 19.0. The van der Waals surface area contributed by atoms with Gasteiger partial charge >= 0.3 is 0 Å². The Hall–Kier alpha value is -2.95. The van der Waals surface area contributed by atoms with Crippen LogP contribution in [0.25, 0.3) is 10.9 Å². The molecule has 30 heavy (non-hydrogen) atoms. The molecule has 5 rings (SSSR count). The third-order valence-electron chi connectivity index (χ3n) is 5.52. The van der Waals surface area contributed by atoms with E-state index in [1.54, 1.807) is 6.20 Å². The number of pyridine rings is 1. The van der Waals surface area contributed by atoms with Crippen LogP contribution in [0.15, 0.2) is 58.1 Å². The summed E-state index contributed by atoms with van der Waals surface area (Å²) in [5.74, 6) is 0.859. The van der Waals surface area contributed by atoms with Crippen LogP contribution < -0.4 is 10.2 Å². The highest BCUT2D eigenvalue weighted by atomic mass is 79.9. The summed E-state index contributed by atoms with van der Waals surface area (Å²) in [6, 6.07) is 16.2. The number of fused-ring (bicyclic) bond motifs is 2. The van der Waals surface area contributed by atoms with Crippen LogP contribution in [0.5, 0.6) is 0 Å². The molecule has 0 unspecified atom stereocenters. The first-order chi connectivity index (χ1) is 14.6. The Morgan fingerprint density at radius 2 is 2.13 bits per heavy atom. The second-order valence-corrected chi connectivity index (χ2v) is 8.53. The number of aliphatic imine (C=N–C) groups is 1. The van der Waals surface area contributed by atoms with Crippen LogP contribution in [0.3, 0.4) is 0 Å². The number of hydrogen-bond donors (Lipinski definition) is 1. The molecule has 1 fully saturated rings. The molecular formula is C23H20BrN5O. The number of halogens is 1. The zero-order chi connectivity index (χ0) is 20.7. The van der Waals surface area contributed by atoms with Crippen LogP contribution >= 0.6 is 15.9 Å². The van der Waals surface area contributed by atoms with Gasteiger partial charge in [0.2, 0.25) is 0 Å². The number of rotatable bonds is 2. The molecular weight excluding hydrogens is 442 g/mol.